The van der Waals surface area contributed by atoms with Crippen LogP contribution in [0.25, 0.3) is 0 Å². The van der Waals surface area contributed by atoms with E-state index in [1.165, 1.54) is 0 Å². The number of nitrogens with one attached hydrogen (secondary N) is 3. The molecule has 0 unspecified atom stereocenters. The fourth-order valence-corrected chi connectivity index (χ4v) is 2.68. The number of ketones is 1. The van der Waals surface area contributed by atoms with Gasteiger partial charge in [0.1, 0.15) is 5.70 Å². The normalized spacial score (nSPS) is 13.5. The maximum atomic E-state index is 12.0. The first-order valence-electron chi connectivity index (χ1n) is 7.82. The summed E-state index contributed by atoms with van der Waals surface area (Å²) in [5.74, 6) is 5.68. The summed E-state index contributed by atoms with van der Waals surface area (Å²) in [5.41, 5.74) is 13.4. The van der Waals surface area contributed by atoms with Crippen LogP contribution < -0.4 is 27.6 Å². The Hall–Kier alpha value is -2.83. The fourth-order valence-electron chi connectivity index (χ4n) is 2.68. The molecule has 6 heteroatoms. The number of benzene rings is 2. The maximum Gasteiger partial charge on any atom is 0.186 e. The Kier molecular flexibility index (Phi) is 4.79. The van der Waals surface area contributed by atoms with Gasteiger partial charge in [-0.3, -0.25) is 10.6 Å². The van der Waals surface area contributed by atoms with Crippen molar-refractivity contribution in [3.63, 3.8) is 0 Å². The first kappa shape index (κ1) is 16.0. The molecule has 0 saturated heterocycles. The lowest BCUT2D eigenvalue weighted by atomic mass is 9.98. The molecule has 2 aromatic carbocycles. The average molecular weight is 323 g/mol. The van der Waals surface area contributed by atoms with Crippen molar-refractivity contribution in [3.05, 3.63) is 71.1 Å². The molecule has 3 rings (SSSR count). The number of nitrogens with two attached hydrogens (primary N) is 2. The summed E-state index contributed by atoms with van der Waals surface area (Å²) < 4.78 is 0. The average Bonchev–Trinajstić information content (AvgIpc) is 2.63. The van der Waals surface area contributed by atoms with E-state index in [0.29, 0.717) is 30.9 Å². The first-order valence-corrected chi connectivity index (χ1v) is 7.82. The molecular weight excluding hydrogens is 302 g/mol. The summed E-state index contributed by atoms with van der Waals surface area (Å²) in [6.07, 6.45) is 0.414. The number of Topliss-reactive ketones (excluding diaryl/α,β-unsaturated/α-hetero) is 1. The van der Waals surface area contributed by atoms with Crippen LogP contribution in [0, 0.1) is 0 Å². The highest BCUT2D eigenvalue weighted by Gasteiger charge is 2.27. The highest BCUT2D eigenvalue weighted by molar-refractivity contribution is 6.07. The molecule has 124 valence electrons. The van der Waals surface area contributed by atoms with Gasteiger partial charge in [-0.1, -0.05) is 42.5 Å². The van der Waals surface area contributed by atoms with Crippen LogP contribution in [-0.2, 0) is 17.9 Å². The third kappa shape index (κ3) is 3.24. The van der Waals surface area contributed by atoms with Gasteiger partial charge in [0.2, 0.25) is 0 Å². The van der Waals surface area contributed by atoms with Gasteiger partial charge in [0, 0.05) is 18.8 Å². The summed E-state index contributed by atoms with van der Waals surface area (Å²) in [5, 5.41) is 6.50. The second-order valence-electron chi connectivity index (χ2n) is 5.61. The second kappa shape index (κ2) is 7.16. The number of carbonyl (C=O) groups excluding carboxylic acids is 1. The molecule has 0 bridgehead atoms. The number of para-hydroxylation sites is 1. The Bertz CT molecular complexity index is 770. The molecule has 0 saturated carbocycles. The van der Waals surface area contributed by atoms with Crippen molar-refractivity contribution in [2.24, 2.45) is 11.6 Å². The minimum Gasteiger partial charge on any atom is -0.382 e. The molecule has 6 nitrogen and oxygen atoms in total. The zero-order valence-electron chi connectivity index (χ0n) is 13.3. The van der Waals surface area contributed by atoms with Crippen LogP contribution in [0.15, 0.2) is 59.9 Å². The molecule has 0 aromatic heterocycles. The van der Waals surface area contributed by atoms with E-state index >= 15 is 0 Å². The molecule has 7 N–H and O–H groups in total. The van der Waals surface area contributed by atoms with Crippen LogP contribution >= 0.6 is 0 Å². The fraction of sp³-hybridized carbons (Fsp3) is 0.167. The number of hydrogen-bond donors (Lipinski definition) is 5. The summed E-state index contributed by atoms with van der Waals surface area (Å²) in [6.45, 7) is 1.04. The number of hydrazine groups is 1. The highest BCUT2D eigenvalue weighted by atomic mass is 16.1. The van der Waals surface area contributed by atoms with E-state index in [0.717, 1.165) is 22.5 Å². The molecule has 0 atom stereocenters. The van der Waals surface area contributed by atoms with Crippen LogP contribution in [0.4, 0.5) is 11.4 Å². The molecule has 1 aliphatic rings. The SMILES string of the molecule is NCc1cccc(NC2=C(NCc3ccccc3)CC2=O)c1NN. The first-order chi connectivity index (χ1) is 11.7. The summed E-state index contributed by atoms with van der Waals surface area (Å²) in [4.78, 5) is 12.0. The van der Waals surface area contributed by atoms with Gasteiger partial charge in [0.05, 0.1) is 17.8 Å². The molecule has 24 heavy (non-hydrogen) atoms. The zero-order valence-corrected chi connectivity index (χ0v) is 13.3. The van der Waals surface area contributed by atoms with Crippen molar-refractivity contribution in [1.29, 1.82) is 0 Å². The van der Waals surface area contributed by atoms with Gasteiger partial charge in [-0.25, -0.2) is 0 Å². The smallest absolute Gasteiger partial charge is 0.186 e. The minimum absolute atomic E-state index is 0.0756. The quantitative estimate of drug-likeness (QED) is 0.393. The largest absolute Gasteiger partial charge is 0.382 e. The van der Waals surface area contributed by atoms with Gasteiger partial charge in [0.25, 0.3) is 0 Å². The molecule has 0 heterocycles. The predicted molar refractivity (Wildman–Crippen MR) is 95.7 cm³/mol. The lowest BCUT2D eigenvalue weighted by Gasteiger charge is -2.26. The van der Waals surface area contributed by atoms with Crippen molar-refractivity contribution in [2.45, 2.75) is 19.5 Å². The third-order valence-corrected chi connectivity index (χ3v) is 4.04. The standard InChI is InChI=1S/C18H21N5O/c19-10-13-7-4-8-14(17(13)23-20)22-18-15(9-16(18)24)21-11-12-5-2-1-3-6-12/h1-8,21-23H,9-11,19-20H2. The summed E-state index contributed by atoms with van der Waals surface area (Å²) in [7, 11) is 0. The lowest BCUT2D eigenvalue weighted by molar-refractivity contribution is -0.116. The number of nitrogen functional groups attached to an aromatic ring is 1. The zero-order chi connectivity index (χ0) is 16.9. The Morgan fingerprint density at radius 3 is 2.50 bits per heavy atom. The topological polar surface area (TPSA) is 105 Å². The number of rotatable bonds is 7. The minimum atomic E-state index is 0.0756. The number of allylic oxidation sites excluding steroid dienone is 2. The van der Waals surface area contributed by atoms with Crippen LogP contribution in [0.5, 0.6) is 0 Å². The Balaban J connectivity index is 1.77. The van der Waals surface area contributed by atoms with Gasteiger partial charge in [-0.05, 0) is 17.2 Å². The maximum absolute atomic E-state index is 12.0. The molecule has 1 aliphatic carbocycles. The molecule has 0 amide bonds. The van der Waals surface area contributed by atoms with Gasteiger partial charge in [-0.2, -0.15) is 0 Å². The van der Waals surface area contributed by atoms with Crippen LogP contribution in [0.2, 0.25) is 0 Å². The molecule has 2 aromatic rings. The third-order valence-electron chi connectivity index (χ3n) is 4.04. The van der Waals surface area contributed by atoms with Crippen molar-refractivity contribution < 1.29 is 4.79 Å². The van der Waals surface area contributed by atoms with E-state index in [9.17, 15) is 4.79 Å². The van der Waals surface area contributed by atoms with Gasteiger partial charge < -0.3 is 21.8 Å². The Morgan fingerprint density at radius 1 is 1.04 bits per heavy atom. The number of carbonyl (C=O) groups is 1. The van der Waals surface area contributed by atoms with E-state index < -0.39 is 0 Å². The van der Waals surface area contributed by atoms with Gasteiger partial charge >= 0.3 is 0 Å². The number of anilines is 2. The monoisotopic (exact) mass is 323 g/mol. The van der Waals surface area contributed by atoms with Gasteiger partial charge in [-0.15, -0.1) is 0 Å². The van der Waals surface area contributed by atoms with Gasteiger partial charge in [0.15, 0.2) is 5.78 Å². The summed E-state index contributed by atoms with van der Waals surface area (Å²) in [6, 6.07) is 15.7. The van der Waals surface area contributed by atoms with E-state index in [4.69, 9.17) is 11.6 Å². The molecule has 0 fully saturated rings. The lowest BCUT2D eigenvalue weighted by Crippen LogP contribution is -2.32. The van der Waals surface area contributed by atoms with Crippen LogP contribution in [0.1, 0.15) is 17.5 Å². The molecule has 0 aliphatic heterocycles. The molecule has 0 spiro atoms. The van der Waals surface area contributed by atoms with Crippen LogP contribution in [0.3, 0.4) is 0 Å². The van der Waals surface area contributed by atoms with Crippen LogP contribution in [-0.4, -0.2) is 5.78 Å². The van der Waals surface area contributed by atoms with Crippen molar-refractivity contribution in [3.8, 4) is 0 Å². The van der Waals surface area contributed by atoms with Crippen molar-refractivity contribution in [1.82, 2.24) is 5.32 Å². The molecular formula is C18H21N5O. The molecule has 0 radical (unpaired) electrons. The number of hydrogen-bond acceptors (Lipinski definition) is 6. The Morgan fingerprint density at radius 2 is 1.83 bits per heavy atom. The van der Waals surface area contributed by atoms with E-state index in [1.807, 2.05) is 48.5 Å². The van der Waals surface area contributed by atoms with E-state index in [2.05, 4.69) is 16.1 Å². The van der Waals surface area contributed by atoms with E-state index in [-0.39, 0.29) is 5.78 Å². The predicted octanol–water partition coefficient (Wildman–Crippen LogP) is 1.82. The second-order valence-corrected chi connectivity index (χ2v) is 5.61. The van der Waals surface area contributed by atoms with E-state index in [1.54, 1.807) is 0 Å². The highest BCUT2D eigenvalue weighted by Crippen LogP contribution is 2.30. The van der Waals surface area contributed by atoms with Crippen molar-refractivity contribution in [2.75, 3.05) is 10.7 Å². The Labute approximate surface area is 140 Å². The summed E-state index contributed by atoms with van der Waals surface area (Å²) >= 11 is 0. The van der Waals surface area contributed by atoms with Crippen molar-refractivity contribution >= 4 is 17.2 Å².